The Hall–Kier alpha value is -4.33. The van der Waals surface area contributed by atoms with Gasteiger partial charge < -0.3 is 10.1 Å². The third kappa shape index (κ3) is 3.62. The van der Waals surface area contributed by atoms with Gasteiger partial charge in [-0.1, -0.05) is 6.07 Å². The van der Waals surface area contributed by atoms with Gasteiger partial charge in [-0.3, -0.25) is 10.1 Å². The highest BCUT2D eigenvalue weighted by Gasteiger charge is 2.15. The first kappa shape index (κ1) is 19.6. The molecule has 0 atom stereocenters. The molecule has 0 saturated carbocycles. The van der Waals surface area contributed by atoms with Gasteiger partial charge in [0.1, 0.15) is 23.2 Å². The van der Waals surface area contributed by atoms with E-state index in [1.807, 2.05) is 36.4 Å². The summed E-state index contributed by atoms with van der Waals surface area (Å²) in [5.41, 5.74) is 4.18. The van der Waals surface area contributed by atoms with E-state index in [2.05, 4.69) is 25.5 Å². The van der Waals surface area contributed by atoms with Crippen LogP contribution in [0.2, 0.25) is 0 Å². The zero-order valence-electron chi connectivity index (χ0n) is 16.9. The minimum absolute atomic E-state index is 0.126. The normalized spacial score (nSPS) is 11.0. The van der Waals surface area contributed by atoms with Crippen molar-refractivity contribution >= 4 is 22.5 Å². The van der Waals surface area contributed by atoms with Crippen LogP contribution < -0.4 is 10.1 Å². The van der Waals surface area contributed by atoms with Crippen LogP contribution in [0.25, 0.3) is 33.4 Å². The Morgan fingerprint density at radius 3 is 2.53 bits per heavy atom. The molecule has 0 aliphatic carbocycles. The average molecular weight is 429 g/mol. The first-order valence-corrected chi connectivity index (χ1v) is 9.78. The second-order valence-corrected chi connectivity index (χ2v) is 7.07. The van der Waals surface area contributed by atoms with E-state index in [-0.39, 0.29) is 5.69 Å². The lowest BCUT2D eigenvalue weighted by molar-refractivity contribution is 0.416. The number of nitrogens with zero attached hydrogens (tertiary/aromatic N) is 3. The SMILES string of the molecule is COc1ccc(-c2ccncc2)cc1-c1[nH]nc2nc(Nc3ccc(F)cc3F)ccc12. The Morgan fingerprint density at radius 2 is 1.75 bits per heavy atom. The fourth-order valence-electron chi connectivity index (χ4n) is 3.53. The quantitative estimate of drug-likeness (QED) is 0.374. The molecular formula is C24H17F2N5O. The van der Waals surface area contributed by atoms with Gasteiger partial charge in [0.05, 0.1) is 18.5 Å². The highest BCUT2D eigenvalue weighted by Crippen LogP contribution is 2.36. The standard InChI is InChI=1S/C24H17F2N5O/c1-32-21-6-2-15(14-8-10-27-11-9-14)12-18(21)23-17-4-7-22(29-24(17)31-30-23)28-20-5-3-16(25)13-19(20)26/h2-13H,1H3,(H2,28,29,30,31). The van der Waals surface area contributed by atoms with Crippen molar-refractivity contribution < 1.29 is 13.5 Å². The molecule has 0 bridgehead atoms. The molecule has 0 radical (unpaired) electrons. The van der Waals surface area contributed by atoms with Gasteiger partial charge in [-0.2, -0.15) is 5.10 Å². The third-order valence-corrected chi connectivity index (χ3v) is 5.09. The number of hydrogen-bond donors (Lipinski definition) is 2. The lowest BCUT2D eigenvalue weighted by atomic mass is 10.0. The minimum atomic E-state index is -0.702. The topological polar surface area (TPSA) is 75.7 Å². The van der Waals surface area contributed by atoms with E-state index in [0.29, 0.717) is 17.2 Å². The summed E-state index contributed by atoms with van der Waals surface area (Å²) < 4.78 is 32.7. The minimum Gasteiger partial charge on any atom is -0.496 e. The molecule has 0 saturated heterocycles. The van der Waals surface area contributed by atoms with Gasteiger partial charge in [-0.25, -0.2) is 13.8 Å². The summed E-state index contributed by atoms with van der Waals surface area (Å²) in [4.78, 5) is 8.52. The summed E-state index contributed by atoms with van der Waals surface area (Å²) in [5, 5.41) is 11.0. The molecule has 0 aliphatic rings. The van der Waals surface area contributed by atoms with E-state index in [0.717, 1.165) is 33.8 Å². The number of pyridine rings is 2. The van der Waals surface area contributed by atoms with Crippen LogP contribution >= 0.6 is 0 Å². The molecule has 5 aromatic rings. The number of aromatic nitrogens is 4. The number of halogens is 2. The van der Waals surface area contributed by atoms with Crippen LogP contribution in [0, 0.1) is 11.6 Å². The second kappa shape index (κ2) is 8.07. The van der Waals surface area contributed by atoms with Crippen LogP contribution in [0.15, 0.2) is 73.1 Å². The van der Waals surface area contributed by atoms with Crippen LogP contribution in [0.1, 0.15) is 0 Å². The van der Waals surface area contributed by atoms with E-state index in [9.17, 15) is 8.78 Å². The summed E-state index contributed by atoms with van der Waals surface area (Å²) in [6.07, 6.45) is 3.49. The Balaban J connectivity index is 1.54. The van der Waals surface area contributed by atoms with Crippen LogP contribution in [-0.4, -0.2) is 27.3 Å². The largest absolute Gasteiger partial charge is 0.496 e. The number of ether oxygens (including phenoxy) is 1. The van der Waals surface area contributed by atoms with Gasteiger partial charge in [-0.15, -0.1) is 0 Å². The van der Waals surface area contributed by atoms with Gasteiger partial charge in [-0.05, 0) is 59.7 Å². The fourth-order valence-corrected chi connectivity index (χ4v) is 3.53. The van der Waals surface area contributed by atoms with Gasteiger partial charge in [0, 0.05) is 29.4 Å². The zero-order chi connectivity index (χ0) is 22.1. The fraction of sp³-hybridized carbons (Fsp3) is 0.0417. The number of fused-ring (bicyclic) bond motifs is 1. The lowest BCUT2D eigenvalue weighted by Crippen LogP contribution is -1.97. The maximum atomic E-state index is 14.0. The maximum Gasteiger partial charge on any atom is 0.183 e. The van der Waals surface area contributed by atoms with Crippen molar-refractivity contribution in [2.75, 3.05) is 12.4 Å². The van der Waals surface area contributed by atoms with Crippen LogP contribution in [0.4, 0.5) is 20.3 Å². The molecule has 3 heterocycles. The lowest BCUT2D eigenvalue weighted by Gasteiger charge is -2.10. The van der Waals surface area contributed by atoms with Crippen molar-refractivity contribution in [2.45, 2.75) is 0 Å². The van der Waals surface area contributed by atoms with Crippen LogP contribution in [-0.2, 0) is 0 Å². The Labute approximate surface area is 181 Å². The number of hydrogen-bond acceptors (Lipinski definition) is 5. The number of methoxy groups -OCH3 is 1. The second-order valence-electron chi connectivity index (χ2n) is 7.07. The van der Waals surface area contributed by atoms with E-state index in [1.165, 1.54) is 12.1 Å². The third-order valence-electron chi connectivity index (χ3n) is 5.09. The predicted molar refractivity (Wildman–Crippen MR) is 119 cm³/mol. The molecule has 5 rings (SSSR count). The van der Waals surface area contributed by atoms with Crippen molar-refractivity contribution in [3.8, 4) is 28.1 Å². The van der Waals surface area contributed by atoms with Crippen molar-refractivity contribution in [3.05, 3.63) is 84.7 Å². The smallest absolute Gasteiger partial charge is 0.183 e. The first-order valence-electron chi connectivity index (χ1n) is 9.78. The molecule has 8 heteroatoms. The van der Waals surface area contributed by atoms with Gasteiger partial charge in [0.15, 0.2) is 5.65 Å². The molecule has 0 aliphatic heterocycles. The van der Waals surface area contributed by atoms with E-state index < -0.39 is 11.6 Å². The van der Waals surface area contributed by atoms with Crippen molar-refractivity contribution in [3.63, 3.8) is 0 Å². The average Bonchev–Trinajstić information content (AvgIpc) is 3.24. The molecule has 0 spiro atoms. The number of H-pyrrole nitrogens is 1. The first-order chi connectivity index (χ1) is 15.6. The van der Waals surface area contributed by atoms with Crippen molar-refractivity contribution in [1.29, 1.82) is 0 Å². The van der Waals surface area contributed by atoms with E-state index in [1.54, 1.807) is 25.6 Å². The maximum absolute atomic E-state index is 14.0. The molecular weight excluding hydrogens is 412 g/mol. The van der Waals surface area contributed by atoms with Crippen molar-refractivity contribution in [2.24, 2.45) is 0 Å². The highest BCUT2D eigenvalue weighted by molar-refractivity contribution is 5.94. The number of anilines is 2. The highest BCUT2D eigenvalue weighted by atomic mass is 19.1. The Morgan fingerprint density at radius 1 is 0.906 bits per heavy atom. The van der Waals surface area contributed by atoms with Crippen LogP contribution in [0.5, 0.6) is 5.75 Å². The number of benzene rings is 2. The molecule has 2 aromatic carbocycles. The molecule has 158 valence electrons. The van der Waals surface area contributed by atoms with E-state index in [4.69, 9.17) is 4.74 Å². The van der Waals surface area contributed by atoms with Crippen LogP contribution in [0.3, 0.4) is 0 Å². The van der Waals surface area contributed by atoms with Gasteiger partial charge in [0.2, 0.25) is 0 Å². The van der Waals surface area contributed by atoms with Gasteiger partial charge in [0.25, 0.3) is 0 Å². The summed E-state index contributed by atoms with van der Waals surface area (Å²) in [6.45, 7) is 0. The molecule has 0 fully saturated rings. The molecule has 32 heavy (non-hydrogen) atoms. The number of rotatable bonds is 5. The predicted octanol–water partition coefficient (Wildman–Crippen LogP) is 5.72. The number of aromatic amines is 1. The van der Waals surface area contributed by atoms with Crippen molar-refractivity contribution in [1.82, 2.24) is 20.2 Å². The number of nitrogens with one attached hydrogen (secondary N) is 2. The molecule has 0 amide bonds. The molecule has 2 N–H and O–H groups in total. The van der Waals surface area contributed by atoms with E-state index >= 15 is 0 Å². The molecule has 3 aromatic heterocycles. The zero-order valence-corrected chi connectivity index (χ0v) is 16.9. The molecule has 0 unspecified atom stereocenters. The van der Waals surface area contributed by atoms with Gasteiger partial charge >= 0.3 is 0 Å². The summed E-state index contributed by atoms with van der Waals surface area (Å²) in [7, 11) is 1.61. The monoisotopic (exact) mass is 429 g/mol. The molecule has 6 nitrogen and oxygen atoms in total. The Kier molecular flexibility index (Phi) is 4.95. The Bertz CT molecular complexity index is 1420. The summed E-state index contributed by atoms with van der Waals surface area (Å²) in [6, 6.07) is 16.6. The summed E-state index contributed by atoms with van der Waals surface area (Å²) in [5.74, 6) is -0.272. The summed E-state index contributed by atoms with van der Waals surface area (Å²) >= 11 is 0.